The number of aryl methyl sites for hydroxylation is 1. The molecule has 14 heavy (non-hydrogen) atoms. The second kappa shape index (κ2) is 3.49. The van der Waals surface area contributed by atoms with E-state index in [1.54, 1.807) is 18.3 Å². The van der Waals surface area contributed by atoms with Crippen LogP contribution in [0.4, 0.5) is 0 Å². The van der Waals surface area contributed by atoms with Crippen LogP contribution < -0.4 is 0 Å². The van der Waals surface area contributed by atoms with E-state index >= 15 is 0 Å². The van der Waals surface area contributed by atoms with Gasteiger partial charge in [0.05, 0.1) is 6.20 Å². The SMILES string of the molecule is CCn1ccnc1-c1ccc(O)cn1. The van der Waals surface area contributed by atoms with Crippen LogP contribution in [-0.4, -0.2) is 19.6 Å². The van der Waals surface area contributed by atoms with E-state index in [4.69, 9.17) is 5.11 Å². The second-order valence-electron chi connectivity index (χ2n) is 2.94. The van der Waals surface area contributed by atoms with Gasteiger partial charge in [0.15, 0.2) is 5.82 Å². The van der Waals surface area contributed by atoms with Crippen LogP contribution in [-0.2, 0) is 6.54 Å². The number of pyridine rings is 1. The summed E-state index contributed by atoms with van der Waals surface area (Å²) in [6.45, 7) is 2.91. The molecular formula is C10H11N3O. The molecule has 0 spiro atoms. The molecule has 0 saturated carbocycles. The van der Waals surface area contributed by atoms with Gasteiger partial charge in [-0.25, -0.2) is 9.97 Å². The van der Waals surface area contributed by atoms with E-state index < -0.39 is 0 Å². The minimum Gasteiger partial charge on any atom is -0.506 e. The van der Waals surface area contributed by atoms with E-state index in [0.717, 1.165) is 18.1 Å². The quantitative estimate of drug-likeness (QED) is 0.781. The van der Waals surface area contributed by atoms with Crippen LogP contribution in [0, 0.1) is 0 Å². The first-order valence-electron chi connectivity index (χ1n) is 4.48. The maximum absolute atomic E-state index is 9.09. The summed E-state index contributed by atoms with van der Waals surface area (Å²) >= 11 is 0. The van der Waals surface area contributed by atoms with Crippen molar-refractivity contribution in [3.8, 4) is 17.3 Å². The molecule has 72 valence electrons. The Labute approximate surface area is 81.9 Å². The fourth-order valence-corrected chi connectivity index (χ4v) is 1.32. The summed E-state index contributed by atoms with van der Waals surface area (Å²) in [4.78, 5) is 8.30. The predicted octanol–water partition coefficient (Wildman–Crippen LogP) is 1.67. The lowest BCUT2D eigenvalue weighted by Gasteiger charge is -2.03. The van der Waals surface area contributed by atoms with Gasteiger partial charge in [0.1, 0.15) is 11.4 Å². The van der Waals surface area contributed by atoms with Crippen LogP contribution in [0.3, 0.4) is 0 Å². The van der Waals surface area contributed by atoms with E-state index in [9.17, 15) is 0 Å². The average molecular weight is 189 g/mol. The van der Waals surface area contributed by atoms with Gasteiger partial charge in [-0.3, -0.25) is 0 Å². The Morgan fingerprint density at radius 2 is 2.21 bits per heavy atom. The van der Waals surface area contributed by atoms with Gasteiger partial charge in [-0.2, -0.15) is 0 Å². The zero-order chi connectivity index (χ0) is 9.97. The van der Waals surface area contributed by atoms with Crippen LogP contribution in [0.25, 0.3) is 11.5 Å². The third kappa shape index (κ3) is 1.46. The molecule has 0 aliphatic rings. The highest BCUT2D eigenvalue weighted by molar-refractivity contribution is 5.50. The van der Waals surface area contributed by atoms with Crippen LogP contribution in [0.5, 0.6) is 5.75 Å². The zero-order valence-electron chi connectivity index (χ0n) is 7.88. The van der Waals surface area contributed by atoms with Gasteiger partial charge in [0.2, 0.25) is 0 Å². The molecule has 0 amide bonds. The molecular weight excluding hydrogens is 178 g/mol. The predicted molar refractivity (Wildman–Crippen MR) is 52.8 cm³/mol. The zero-order valence-corrected chi connectivity index (χ0v) is 7.88. The van der Waals surface area contributed by atoms with E-state index in [1.165, 1.54) is 6.20 Å². The average Bonchev–Trinajstić information content (AvgIpc) is 2.67. The smallest absolute Gasteiger partial charge is 0.158 e. The van der Waals surface area contributed by atoms with Crippen molar-refractivity contribution in [2.75, 3.05) is 0 Å². The second-order valence-corrected chi connectivity index (χ2v) is 2.94. The minimum absolute atomic E-state index is 0.170. The van der Waals surface area contributed by atoms with Crippen molar-refractivity contribution in [3.63, 3.8) is 0 Å². The Morgan fingerprint density at radius 3 is 2.86 bits per heavy atom. The van der Waals surface area contributed by atoms with E-state index in [2.05, 4.69) is 9.97 Å². The number of nitrogens with zero attached hydrogens (tertiary/aromatic N) is 3. The van der Waals surface area contributed by atoms with Crippen molar-refractivity contribution in [3.05, 3.63) is 30.7 Å². The molecule has 2 heterocycles. The molecule has 0 aliphatic heterocycles. The summed E-state index contributed by atoms with van der Waals surface area (Å²) < 4.78 is 2.00. The van der Waals surface area contributed by atoms with E-state index in [0.29, 0.717) is 0 Å². The fourth-order valence-electron chi connectivity index (χ4n) is 1.32. The molecule has 0 aliphatic carbocycles. The standard InChI is InChI=1S/C10H11N3O/c1-2-13-6-5-11-10(13)9-4-3-8(14)7-12-9/h3-7,14H,2H2,1H3. The molecule has 2 aromatic rings. The number of rotatable bonds is 2. The fraction of sp³-hybridized carbons (Fsp3) is 0.200. The lowest BCUT2D eigenvalue weighted by molar-refractivity contribution is 0.473. The highest BCUT2D eigenvalue weighted by atomic mass is 16.3. The highest BCUT2D eigenvalue weighted by Gasteiger charge is 2.05. The van der Waals surface area contributed by atoms with Gasteiger partial charge in [-0.15, -0.1) is 0 Å². The summed E-state index contributed by atoms with van der Waals surface area (Å²) in [5.74, 6) is 0.996. The molecule has 1 N–H and O–H groups in total. The Kier molecular flexibility index (Phi) is 2.18. The molecule has 0 unspecified atom stereocenters. The lowest BCUT2D eigenvalue weighted by Crippen LogP contribution is -1.97. The van der Waals surface area contributed by atoms with Gasteiger partial charge in [0, 0.05) is 18.9 Å². The van der Waals surface area contributed by atoms with Crippen molar-refractivity contribution < 1.29 is 5.11 Å². The molecule has 0 radical (unpaired) electrons. The molecule has 0 bridgehead atoms. The summed E-state index contributed by atoms with van der Waals surface area (Å²) in [5.41, 5.74) is 0.773. The third-order valence-corrected chi connectivity index (χ3v) is 2.03. The first-order chi connectivity index (χ1) is 6.81. The molecule has 0 saturated heterocycles. The Hall–Kier alpha value is -1.84. The first-order valence-corrected chi connectivity index (χ1v) is 4.48. The topological polar surface area (TPSA) is 50.9 Å². The molecule has 4 heteroatoms. The van der Waals surface area contributed by atoms with Crippen LogP contribution in [0.15, 0.2) is 30.7 Å². The molecule has 0 atom stereocenters. The first kappa shape index (κ1) is 8.74. The van der Waals surface area contributed by atoms with Crippen LogP contribution >= 0.6 is 0 Å². The Balaban J connectivity index is 2.44. The molecule has 4 nitrogen and oxygen atoms in total. The van der Waals surface area contributed by atoms with E-state index in [-0.39, 0.29) is 5.75 Å². The van der Waals surface area contributed by atoms with Crippen LogP contribution in [0.1, 0.15) is 6.92 Å². The summed E-state index contributed by atoms with van der Waals surface area (Å²) in [7, 11) is 0. The van der Waals surface area contributed by atoms with Gasteiger partial charge >= 0.3 is 0 Å². The summed E-state index contributed by atoms with van der Waals surface area (Å²) in [6.07, 6.45) is 5.07. The number of imidazole rings is 1. The third-order valence-electron chi connectivity index (χ3n) is 2.03. The van der Waals surface area contributed by atoms with Crippen molar-refractivity contribution >= 4 is 0 Å². The highest BCUT2D eigenvalue weighted by Crippen LogP contribution is 2.16. The Morgan fingerprint density at radius 1 is 1.36 bits per heavy atom. The largest absolute Gasteiger partial charge is 0.506 e. The minimum atomic E-state index is 0.170. The number of hydrogen-bond acceptors (Lipinski definition) is 3. The number of hydrogen-bond donors (Lipinski definition) is 1. The lowest BCUT2D eigenvalue weighted by atomic mass is 10.3. The normalized spacial score (nSPS) is 10.4. The van der Waals surface area contributed by atoms with Gasteiger partial charge in [0.25, 0.3) is 0 Å². The molecule has 2 rings (SSSR count). The molecule has 0 fully saturated rings. The monoisotopic (exact) mass is 189 g/mol. The maximum Gasteiger partial charge on any atom is 0.158 e. The van der Waals surface area contributed by atoms with Crippen molar-refractivity contribution in [2.24, 2.45) is 0 Å². The summed E-state index contributed by atoms with van der Waals surface area (Å²) in [6, 6.07) is 3.36. The van der Waals surface area contributed by atoms with Crippen molar-refractivity contribution in [2.45, 2.75) is 13.5 Å². The van der Waals surface area contributed by atoms with Gasteiger partial charge in [-0.05, 0) is 19.1 Å². The number of aromatic nitrogens is 3. The van der Waals surface area contributed by atoms with E-state index in [1.807, 2.05) is 17.7 Å². The molecule has 0 aromatic carbocycles. The van der Waals surface area contributed by atoms with Gasteiger partial charge in [-0.1, -0.05) is 0 Å². The van der Waals surface area contributed by atoms with Crippen LogP contribution in [0.2, 0.25) is 0 Å². The Bertz CT molecular complexity index is 419. The van der Waals surface area contributed by atoms with Crippen molar-refractivity contribution in [1.82, 2.24) is 14.5 Å². The summed E-state index contributed by atoms with van der Waals surface area (Å²) in [5, 5.41) is 9.09. The van der Waals surface area contributed by atoms with Gasteiger partial charge < -0.3 is 9.67 Å². The molecule has 2 aromatic heterocycles. The number of aromatic hydroxyl groups is 1. The maximum atomic E-state index is 9.09. The van der Waals surface area contributed by atoms with Crippen molar-refractivity contribution in [1.29, 1.82) is 0 Å².